The molecule has 10 heteroatoms. The molecular weight excluding hydrogens is 508 g/mol. The summed E-state index contributed by atoms with van der Waals surface area (Å²) in [5.74, 6) is 1.40. The van der Waals surface area contributed by atoms with Crippen molar-refractivity contribution in [1.29, 1.82) is 0 Å². The topological polar surface area (TPSA) is 90.1 Å². The number of likely N-dealkylation sites (tertiary alicyclic amines) is 1. The largest absolute Gasteiger partial charge is 0.496 e. The maximum absolute atomic E-state index is 13.1. The molecule has 3 fully saturated rings. The fourth-order valence-electron chi connectivity index (χ4n) is 5.58. The van der Waals surface area contributed by atoms with Crippen molar-refractivity contribution in [1.82, 2.24) is 9.21 Å². The third kappa shape index (κ3) is 5.85. The number of aryl methyl sites for hydroxylation is 1. The van der Waals surface area contributed by atoms with Crippen LogP contribution in [0.1, 0.15) is 35.6 Å². The zero-order valence-electron chi connectivity index (χ0n) is 22.5. The van der Waals surface area contributed by atoms with Crippen molar-refractivity contribution in [2.45, 2.75) is 56.1 Å². The summed E-state index contributed by atoms with van der Waals surface area (Å²) in [5, 5.41) is 0. The Labute approximate surface area is 225 Å². The predicted octanol–water partition coefficient (Wildman–Crippen LogP) is 3.12. The summed E-state index contributed by atoms with van der Waals surface area (Å²) >= 11 is 0. The minimum Gasteiger partial charge on any atom is -0.496 e. The molecule has 0 bridgehead atoms. The number of epoxide rings is 1. The lowest BCUT2D eigenvalue weighted by Crippen LogP contribution is -2.41. The molecule has 0 radical (unpaired) electrons. The maximum atomic E-state index is 13.1. The van der Waals surface area contributed by atoms with Crippen LogP contribution in [0.25, 0.3) is 0 Å². The van der Waals surface area contributed by atoms with Gasteiger partial charge in [0, 0.05) is 52.1 Å². The molecule has 4 atom stereocenters. The Morgan fingerprint density at radius 2 is 1.79 bits per heavy atom. The summed E-state index contributed by atoms with van der Waals surface area (Å²) in [6.07, 6.45) is 0.984. The fraction of sp³-hybridized carbons (Fsp3) is 0.571. The second-order valence-corrected chi connectivity index (χ2v) is 12.3. The Balaban J connectivity index is 1.23. The van der Waals surface area contributed by atoms with Crippen molar-refractivity contribution in [3.05, 3.63) is 59.2 Å². The summed E-state index contributed by atoms with van der Waals surface area (Å²) in [6, 6.07) is 13.3. The molecule has 2 aromatic rings. The Hall–Kier alpha value is -2.21. The van der Waals surface area contributed by atoms with Gasteiger partial charge in [-0.1, -0.05) is 24.3 Å². The van der Waals surface area contributed by atoms with Gasteiger partial charge in [-0.05, 0) is 49.1 Å². The van der Waals surface area contributed by atoms with E-state index in [1.807, 2.05) is 36.4 Å². The molecule has 3 saturated heterocycles. The number of benzene rings is 2. The predicted molar refractivity (Wildman–Crippen MR) is 143 cm³/mol. The van der Waals surface area contributed by atoms with Crippen LogP contribution < -0.4 is 9.47 Å². The standard InChI is InChI=1S/C28H38N2O7S/c1-19-7-5-10-23(33-3)26(19)27-28(37-27)30-16-24(34-4)25(17-30)36-22-9-6-8-20(15-22)18-38(31,32)29(2)21-11-13-35-14-12-21/h5-10,15,21,24-25,27-28H,11-14,16-18H2,1-4H3. The van der Waals surface area contributed by atoms with Crippen LogP contribution in [-0.2, 0) is 30.0 Å². The van der Waals surface area contributed by atoms with Crippen LogP contribution in [-0.4, -0.2) is 89.7 Å². The zero-order chi connectivity index (χ0) is 26.9. The third-order valence-electron chi connectivity index (χ3n) is 7.84. The van der Waals surface area contributed by atoms with Gasteiger partial charge >= 0.3 is 0 Å². The first-order chi connectivity index (χ1) is 18.3. The molecular formula is C28H38N2O7S. The lowest BCUT2D eigenvalue weighted by Gasteiger charge is -2.30. The number of rotatable bonds is 10. The van der Waals surface area contributed by atoms with Gasteiger partial charge in [-0.15, -0.1) is 0 Å². The van der Waals surface area contributed by atoms with E-state index in [4.69, 9.17) is 23.7 Å². The quantitative estimate of drug-likeness (QED) is 0.420. The van der Waals surface area contributed by atoms with Gasteiger partial charge in [0.25, 0.3) is 0 Å². The van der Waals surface area contributed by atoms with Crippen molar-refractivity contribution < 1.29 is 32.1 Å². The molecule has 0 amide bonds. The SMILES string of the molecule is COc1cccc(C)c1C1OC1N1CC(OC)C(Oc2cccc(CS(=O)(=O)N(C)C3CCOCC3)c2)C1. The van der Waals surface area contributed by atoms with Crippen molar-refractivity contribution >= 4 is 10.0 Å². The second kappa shape index (κ2) is 11.5. The number of hydrogen-bond donors (Lipinski definition) is 0. The molecule has 208 valence electrons. The summed E-state index contributed by atoms with van der Waals surface area (Å²) < 4.78 is 56.9. The van der Waals surface area contributed by atoms with Crippen molar-refractivity contribution in [3.8, 4) is 11.5 Å². The molecule has 0 saturated carbocycles. The summed E-state index contributed by atoms with van der Waals surface area (Å²) in [6.45, 7) is 4.58. The van der Waals surface area contributed by atoms with Gasteiger partial charge in [-0.25, -0.2) is 12.7 Å². The van der Waals surface area contributed by atoms with Gasteiger partial charge in [0.2, 0.25) is 10.0 Å². The molecule has 9 nitrogen and oxygen atoms in total. The van der Waals surface area contributed by atoms with E-state index in [1.54, 1.807) is 21.3 Å². The lowest BCUT2D eigenvalue weighted by molar-refractivity contribution is 0.0337. The maximum Gasteiger partial charge on any atom is 0.218 e. The van der Waals surface area contributed by atoms with Crippen LogP contribution in [0.2, 0.25) is 0 Å². The van der Waals surface area contributed by atoms with E-state index in [1.165, 1.54) is 4.31 Å². The first-order valence-corrected chi connectivity index (χ1v) is 14.8. The van der Waals surface area contributed by atoms with Crippen LogP contribution in [0.15, 0.2) is 42.5 Å². The van der Waals surface area contributed by atoms with Gasteiger partial charge in [0.1, 0.15) is 36.0 Å². The van der Waals surface area contributed by atoms with Crippen molar-refractivity contribution in [2.24, 2.45) is 0 Å². The highest BCUT2D eigenvalue weighted by molar-refractivity contribution is 7.88. The molecule has 5 rings (SSSR count). The first-order valence-electron chi connectivity index (χ1n) is 13.2. The zero-order valence-corrected chi connectivity index (χ0v) is 23.4. The second-order valence-electron chi connectivity index (χ2n) is 10.3. The molecule has 2 aromatic carbocycles. The molecule has 0 aliphatic carbocycles. The first kappa shape index (κ1) is 27.4. The monoisotopic (exact) mass is 546 g/mol. The molecule has 3 aliphatic heterocycles. The summed E-state index contributed by atoms with van der Waals surface area (Å²) in [4.78, 5) is 2.24. The van der Waals surface area contributed by atoms with E-state index >= 15 is 0 Å². The number of methoxy groups -OCH3 is 2. The van der Waals surface area contributed by atoms with E-state index in [-0.39, 0.29) is 36.3 Å². The molecule has 3 aliphatic rings. The average Bonchev–Trinajstić information content (AvgIpc) is 3.60. The molecule has 3 heterocycles. The van der Waals surface area contributed by atoms with Crippen LogP contribution in [0.3, 0.4) is 0 Å². The Kier molecular flexibility index (Phi) is 8.27. The number of nitrogens with zero attached hydrogens (tertiary/aromatic N) is 2. The normalized spacial score (nSPS) is 26.6. The highest BCUT2D eigenvalue weighted by Gasteiger charge is 2.51. The fourth-order valence-corrected chi connectivity index (χ4v) is 7.05. The summed E-state index contributed by atoms with van der Waals surface area (Å²) in [5.41, 5.74) is 2.92. The van der Waals surface area contributed by atoms with E-state index in [2.05, 4.69) is 17.9 Å². The van der Waals surface area contributed by atoms with E-state index in [0.29, 0.717) is 37.6 Å². The molecule has 38 heavy (non-hydrogen) atoms. The van der Waals surface area contributed by atoms with Crippen molar-refractivity contribution in [2.75, 3.05) is 47.6 Å². The summed E-state index contributed by atoms with van der Waals surface area (Å²) in [7, 11) is 1.57. The molecule has 0 N–H and O–H groups in total. The van der Waals surface area contributed by atoms with Gasteiger partial charge in [0.15, 0.2) is 0 Å². The minimum absolute atomic E-state index is 0.0202. The smallest absolute Gasteiger partial charge is 0.218 e. The third-order valence-corrected chi connectivity index (χ3v) is 9.72. The van der Waals surface area contributed by atoms with Crippen LogP contribution in [0, 0.1) is 6.92 Å². The lowest BCUT2D eigenvalue weighted by atomic mass is 10.0. The Morgan fingerprint density at radius 3 is 2.53 bits per heavy atom. The van der Waals surface area contributed by atoms with Crippen molar-refractivity contribution in [3.63, 3.8) is 0 Å². The van der Waals surface area contributed by atoms with Crippen LogP contribution in [0.4, 0.5) is 0 Å². The molecule has 0 aromatic heterocycles. The van der Waals surface area contributed by atoms with Gasteiger partial charge in [-0.3, -0.25) is 4.90 Å². The van der Waals surface area contributed by atoms with E-state index < -0.39 is 10.0 Å². The van der Waals surface area contributed by atoms with Crippen LogP contribution >= 0.6 is 0 Å². The number of sulfonamides is 1. The minimum atomic E-state index is -3.46. The number of ether oxygens (including phenoxy) is 5. The molecule has 0 spiro atoms. The van der Waals surface area contributed by atoms with Gasteiger partial charge < -0.3 is 23.7 Å². The highest BCUT2D eigenvalue weighted by atomic mass is 32.2. The highest BCUT2D eigenvalue weighted by Crippen LogP contribution is 2.47. The van der Waals surface area contributed by atoms with Gasteiger partial charge in [0.05, 0.1) is 12.9 Å². The average molecular weight is 547 g/mol. The Morgan fingerprint density at radius 1 is 1.05 bits per heavy atom. The number of hydrogen-bond acceptors (Lipinski definition) is 8. The Bertz CT molecular complexity index is 1220. The van der Waals surface area contributed by atoms with E-state index in [9.17, 15) is 8.42 Å². The molecule has 4 unspecified atom stereocenters. The van der Waals surface area contributed by atoms with Crippen LogP contribution in [0.5, 0.6) is 11.5 Å². The van der Waals surface area contributed by atoms with Gasteiger partial charge in [-0.2, -0.15) is 0 Å². The van der Waals surface area contributed by atoms with E-state index in [0.717, 1.165) is 29.7 Å².